The zero-order valence-corrected chi connectivity index (χ0v) is 14.9. The third-order valence-electron chi connectivity index (χ3n) is 3.70. The van der Waals surface area contributed by atoms with Crippen molar-refractivity contribution < 1.29 is 19.2 Å². The Morgan fingerprint density at radius 3 is 2.63 bits per heavy atom. The minimum Gasteiger partial charge on any atom is -0.493 e. The van der Waals surface area contributed by atoms with Gasteiger partial charge in [0.05, 0.1) is 23.6 Å². The number of nitrogens with one attached hydrogen (secondary N) is 2. The number of non-ortho nitro benzene ring substituents is 1. The average molecular weight is 371 g/mol. The molecule has 0 aliphatic rings. The number of carbonyl (C=O) groups excluding carboxylic acids is 2. The van der Waals surface area contributed by atoms with E-state index in [1.807, 2.05) is 6.92 Å². The zero-order valence-electron chi connectivity index (χ0n) is 14.9. The van der Waals surface area contributed by atoms with Crippen LogP contribution in [0, 0.1) is 10.1 Å². The first-order chi connectivity index (χ1) is 13.0. The molecule has 0 aromatic heterocycles. The quantitative estimate of drug-likeness (QED) is 0.518. The Labute approximate surface area is 156 Å². The van der Waals surface area contributed by atoms with Gasteiger partial charge in [0.15, 0.2) is 0 Å². The normalized spacial score (nSPS) is 10.1. The molecule has 2 N–H and O–H groups in total. The van der Waals surface area contributed by atoms with E-state index in [0.717, 1.165) is 5.56 Å². The van der Waals surface area contributed by atoms with Crippen molar-refractivity contribution in [2.24, 2.45) is 0 Å². The van der Waals surface area contributed by atoms with Crippen LogP contribution >= 0.6 is 0 Å². The van der Waals surface area contributed by atoms with Gasteiger partial charge >= 0.3 is 0 Å². The highest BCUT2D eigenvalue weighted by atomic mass is 16.6. The van der Waals surface area contributed by atoms with Crippen molar-refractivity contribution in [3.8, 4) is 5.75 Å². The topological polar surface area (TPSA) is 111 Å². The number of carbonyl (C=O) groups is 2. The van der Waals surface area contributed by atoms with E-state index in [4.69, 9.17) is 4.74 Å². The minimum atomic E-state index is -0.461. The second-order valence-electron chi connectivity index (χ2n) is 5.64. The van der Waals surface area contributed by atoms with Gasteiger partial charge in [-0.2, -0.15) is 0 Å². The highest BCUT2D eigenvalue weighted by Gasteiger charge is 2.13. The summed E-state index contributed by atoms with van der Waals surface area (Å²) in [5.41, 5.74) is 1.13. The lowest BCUT2D eigenvalue weighted by Crippen LogP contribution is -2.37. The van der Waals surface area contributed by atoms with Crippen molar-refractivity contribution in [3.63, 3.8) is 0 Å². The van der Waals surface area contributed by atoms with Crippen LogP contribution in [0.15, 0.2) is 48.5 Å². The maximum atomic E-state index is 12.2. The SMILES string of the molecule is CCOc1ccccc1C(=O)NCC(=O)NCCc1cccc([N+](=O)[O-])c1. The maximum Gasteiger partial charge on any atom is 0.269 e. The van der Waals surface area contributed by atoms with Gasteiger partial charge in [-0.3, -0.25) is 19.7 Å². The van der Waals surface area contributed by atoms with Gasteiger partial charge in [-0.15, -0.1) is 0 Å². The summed E-state index contributed by atoms with van der Waals surface area (Å²) >= 11 is 0. The van der Waals surface area contributed by atoms with Crippen molar-refractivity contribution in [2.45, 2.75) is 13.3 Å². The van der Waals surface area contributed by atoms with Crippen LogP contribution in [0.3, 0.4) is 0 Å². The Hall–Kier alpha value is -3.42. The third kappa shape index (κ3) is 6.10. The minimum absolute atomic E-state index is 0.0130. The Bertz CT molecular complexity index is 822. The molecule has 2 rings (SSSR count). The first-order valence-electron chi connectivity index (χ1n) is 8.51. The summed E-state index contributed by atoms with van der Waals surface area (Å²) in [4.78, 5) is 34.4. The van der Waals surface area contributed by atoms with Crippen molar-refractivity contribution in [1.82, 2.24) is 10.6 Å². The molecule has 0 bridgehead atoms. The van der Waals surface area contributed by atoms with Gasteiger partial charge in [0.25, 0.3) is 11.6 Å². The lowest BCUT2D eigenvalue weighted by Gasteiger charge is -2.10. The van der Waals surface area contributed by atoms with E-state index in [1.54, 1.807) is 36.4 Å². The van der Waals surface area contributed by atoms with E-state index in [0.29, 0.717) is 30.9 Å². The molecule has 0 aliphatic carbocycles. The summed E-state index contributed by atoms with van der Waals surface area (Å²) in [6.45, 7) is 2.39. The summed E-state index contributed by atoms with van der Waals surface area (Å²) in [5.74, 6) is -0.279. The lowest BCUT2D eigenvalue weighted by molar-refractivity contribution is -0.384. The standard InChI is InChI=1S/C19H21N3O5/c1-2-27-17-9-4-3-8-16(17)19(24)21-13-18(23)20-11-10-14-6-5-7-15(12-14)22(25)26/h3-9,12H,2,10-11,13H2,1H3,(H,20,23)(H,21,24). The molecule has 0 unspecified atom stereocenters. The van der Waals surface area contributed by atoms with Crippen LogP contribution in [-0.2, 0) is 11.2 Å². The number of hydrogen-bond acceptors (Lipinski definition) is 5. The Morgan fingerprint density at radius 2 is 1.89 bits per heavy atom. The van der Waals surface area contributed by atoms with E-state index in [-0.39, 0.29) is 18.1 Å². The van der Waals surface area contributed by atoms with E-state index in [2.05, 4.69) is 10.6 Å². The van der Waals surface area contributed by atoms with Crippen molar-refractivity contribution in [3.05, 3.63) is 69.8 Å². The van der Waals surface area contributed by atoms with Crippen LogP contribution in [0.4, 0.5) is 5.69 Å². The molecular weight excluding hydrogens is 350 g/mol. The highest BCUT2D eigenvalue weighted by molar-refractivity contribution is 5.98. The molecule has 0 heterocycles. The molecule has 2 aromatic carbocycles. The van der Waals surface area contributed by atoms with Gasteiger partial charge in [0.2, 0.25) is 5.91 Å². The molecule has 8 heteroatoms. The molecule has 0 atom stereocenters. The Balaban J connectivity index is 1.79. The van der Waals surface area contributed by atoms with Crippen LogP contribution in [-0.4, -0.2) is 36.4 Å². The van der Waals surface area contributed by atoms with E-state index in [1.165, 1.54) is 12.1 Å². The molecule has 0 radical (unpaired) electrons. The number of hydrogen-bond donors (Lipinski definition) is 2. The second-order valence-corrected chi connectivity index (χ2v) is 5.64. The third-order valence-corrected chi connectivity index (χ3v) is 3.70. The van der Waals surface area contributed by atoms with Crippen LogP contribution in [0.5, 0.6) is 5.75 Å². The number of ether oxygens (including phenoxy) is 1. The molecule has 0 aliphatic heterocycles. The number of rotatable bonds is 9. The summed E-state index contributed by atoms with van der Waals surface area (Å²) in [6.07, 6.45) is 0.453. The molecule has 8 nitrogen and oxygen atoms in total. The fourth-order valence-electron chi connectivity index (χ4n) is 2.43. The van der Waals surface area contributed by atoms with Crippen LogP contribution < -0.4 is 15.4 Å². The zero-order chi connectivity index (χ0) is 19.6. The van der Waals surface area contributed by atoms with E-state index < -0.39 is 10.8 Å². The average Bonchev–Trinajstić information content (AvgIpc) is 2.67. The van der Waals surface area contributed by atoms with Gasteiger partial charge in [-0.05, 0) is 31.0 Å². The molecule has 0 spiro atoms. The summed E-state index contributed by atoms with van der Waals surface area (Å²) < 4.78 is 5.40. The Morgan fingerprint density at radius 1 is 1.11 bits per heavy atom. The first kappa shape index (κ1) is 19.9. The smallest absolute Gasteiger partial charge is 0.269 e. The number of amides is 2. The molecule has 27 heavy (non-hydrogen) atoms. The number of nitro groups is 1. The number of nitro benzene ring substituents is 1. The maximum absolute atomic E-state index is 12.2. The van der Waals surface area contributed by atoms with Gasteiger partial charge in [0, 0.05) is 18.7 Å². The monoisotopic (exact) mass is 371 g/mol. The number of para-hydroxylation sites is 1. The van der Waals surface area contributed by atoms with Gasteiger partial charge < -0.3 is 15.4 Å². The first-order valence-corrected chi connectivity index (χ1v) is 8.51. The molecule has 2 aromatic rings. The molecule has 0 saturated carbocycles. The lowest BCUT2D eigenvalue weighted by atomic mass is 10.1. The van der Waals surface area contributed by atoms with Crippen LogP contribution in [0.2, 0.25) is 0 Å². The summed E-state index contributed by atoms with van der Waals surface area (Å²) in [5, 5.41) is 16.0. The molecule has 0 fully saturated rings. The molecule has 2 amide bonds. The Kier molecular flexibility index (Phi) is 7.30. The number of nitrogens with zero attached hydrogens (tertiary/aromatic N) is 1. The summed E-state index contributed by atoms with van der Waals surface area (Å²) in [6, 6.07) is 13.0. The predicted molar refractivity (Wildman–Crippen MR) is 99.8 cm³/mol. The predicted octanol–water partition coefficient (Wildman–Crippen LogP) is 2.08. The fourth-order valence-corrected chi connectivity index (χ4v) is 2.43. The summed E-state index contributed by atoms with van der Waals surface area (Å²) in [7, 11) is 0. The van der Waals surface area contributed by atoms with E-state index in [9.17, 15) is 19.7 Å². The molecule has 0 saturated heterocycles. The van der Waals surface area contributed by atoms with Crippen molar-refractivity contribution >= 4 is 17.5 Å². The van der Waals surface area contributed by atoms with E-state index >= 15 is 0 Å². The van der Waals surface area contributed by atoms with Gasteiger partial charge in [-0.25, -0.2) is 0 Å². The van der Waals surface area contributed by atoms with Crippen molar-refractivity contribution in [2.75, 3.05) is 19.7 Å². The fraction of sp³-hybridized carbons (Fsp3) is 0.263. The van der Waals surface area contributed by atoms with Crippen LogP contribution in [0.25, 0.3) is 0 Å². The van der Waals surface area contributed by atoms with Gasteiger partial charge in [-0.1, -0.05) is 24.3 Å². The molecular formula is C19H21N3O5. The van der Waals surface area contributed by atoms with Crippen LogP contribution in [0.1, 0.15) is 22.8 Å². The molecule has 142 valence electrons. The van der Waals surface area contributed by atoms with Crippen molar-refractivity contribution in [1.29, 1.82) is 0 Å². The highest BCUT2D eigenvalue weighted by Crippen LogP contribution is 2.17. The largest absolute Gasteiger partial charge is 0.493 e. The number of benzene rings is 2. The second kappa shape index (κ2) is 9.91. The van der Waals surface area contributed by atoms with Gasteiger partial charge in [0.1, 0.15) is 5.75 Å².